The third kappa shape index (κ3) is 3.41. The summed E-state index contributed by atoms with van der Waals surface area (Å²) in [6.45, 7) is 1.40. The summed E-state index contributed by atoms with van der Waals surface area (Å²) in [6, 6.07) is 1.73. The Hall–Kier alpha value is -1.05. The average molecular weight is 319 g/mol. The summed E-state index contributed by atoms with van der Waals surface area (Å²) in [6.07, 6.45) is 3.79. The zero-order valence-electron chi connectivity index (χ0n) is 11.8. The molecule has 1 aliphatic carbocycles. The third-order valence-electron chi connectivity index (χ3n) is 3.97. The largest absolute Gasteiger partial charge is 0.391 e. The van der Waals surface area contributed by atoms with Gasteiger partial charge >= 0.3 is 0 Å². The Kier molecular flexibility index (Phi) is 4.65. The molecule has 0 bridgehead atoms. The van der Waals surface area contributed by atoms with Gasteiger partial charge in [0.2, 0.25) is 10.0 Å². The fourth-order valence-corrected chi connectivity index (χ4v) is 3.73. The Morgan fingerprint density at radius 2 is 2.00 bits per heavy atom. The lowest BCUT2D eigenvalue weighted by atomic mass is 10.0. The van der Waals surface area contributed by atoms with Crippen molar-refractivity contribution in [3.63, 3.8) is 0 Å². The van der Waals surface area contributed by atoms with Crippen LogP contribution >= 0.6 is 0 Å². The number of hydrogen-bond donors (Lipinski definition) is 2. The van der Waals surface area contributed by atoms with E-state index < -0.39 is 38.7 Å². The molecule has 0 unspecified atom stereocenters. The molecule has 0 heterocycles. The highest BCUT2D eigenvalue weighted by Crippen LogP contribution is 2.49. The van der Waals surface area contributed by atoms with Gasteiger partial charge in [0.25, 0.3) is 0 Å². The van der Waals surface area contributed by atoms with Crippen LogP contribution in [0.1, 0.15) is 38.2 Å². The Balaban J connectivity index is 2.20. The molecule has 21 heavy (non-hydrogen) atoms. The quantitative estimate of drug-likeness (QED) is 0.810. The smallest absolute Gasteiger partial charge is 0.243 e. The van der Waals surface area contributed by atoms with E-state index in [9.17, 15) is 17.2 Å². The van der Waals surface area contributed by atoms with Gasteiger partial charge in [0.15, 0.2) is 5.82 Å². The third-order valence-corrected chi connectivity index (χ3v) is 5.39. The van der Waals surface area contributed by atoms with Crippen LogP contribution in [0.4, 0.5) is 8.78 Å². The monoisotopic (exact) mass is 319 g/mol. The van der Waals surface area contributed by atoms with E-state index in [1.54, 1.807) is 0 Å². The lowest BCUT2D eigenvalue weighted by molar-refractivity contribution is 0.267. The molecular formula is C14H19F2NO3S. The summed E-state index contributed by atoms with van der Waals surface area (Å²) in [5, 5.41) is 8.93. The second-order valence-corrected chi connectivity index (χ2v) is 7.31. The molecule has 1 aliphatic rings. The minimum Gasteiger partial charge on any atom is -0.391 e. The molecule has 4 nitrogen and oxygen atoms in total. The number of halogens is 2. The molecule has 7 heteroatoms. The molecule has 0 saturated heterocycles. The second kappa shape index (κ2) is 5.98. The zero-order chi connectivity index (χ0) is 15.7. The van der Waals surface area contributed by atoms with Crippen molar-refractivity contribution in [3.05, 3.63) is 29.3 Å². The highest BCUT2D eigenvalue weighted by atomic mass is 32.2. The van der Waals surface area contributed by atoms with Gasteiger partial charge in [-0.1, -0.05) is 13.3 Å². The van der Waals surface area contributed by atoms with Gasteiger partial charge in [-0.25, -0.2) is 21.9 Å². The summed E-state index contributed by atoms with van der Waals surface area (Å²) in [4.78, 5) is -0.625. The van der Waals surface area contributed by atoms with Crippen molar-refractivity contribution >= 4 is 10.0 Å². The average Bonchev–Trinajstić information content (AvgIpc) is 3.18. The van der Waals surface area contributed by atoms with Gasteiger partial charge in [-0.15, -0.1) is 0 Å². The van der Waals surface area contributed by atoms with Crippen LogP contribution in [0.15, 0.2) is 17.0 Å². The Morgan fingerprint density at radius 3 is 2.52 bits per heavy atom. The molecule has 118 valence electrons. The van der Waals surface area contributed by atoms with Crippen LogP contribution in [0.2, 0.25) is 0 Å². The molecule has 1 saturated carbocycles. The topological polar surface area (TPSA) is 66.4 Å². The van der Waals surface area contributed by atoms with Crippen LogP contribution in [0.3, 0.4) is 0 Å². The lowest BCUT2D eigenvalue weighted by Gasteiger charge is -2.16. The van der Waals surface area contributed by atoms with E-state index >= 15 is 0 Å². The number of aliphatic hydroxyl groups excluding tert-OH is 1. The first-order chi connectivity index (χ1) is 9.85. The van der Waals surface area contributed by atoms with Gasteiger partial charge in [0, 0.05) is 6.54 Å². The number of benzene rings is 1. The van der Waals surface area contributed by atoms with E-state index in [-0.39, 0.29) is 12.0 Å². The van der Waals surface area contributed by atoms with E-state index in [1.165, 1.54) is 0 Å². The SMILES string of the molecule is CCCC1(CNS(=O)(=O)c2ccc(F)c(CO)c2F)CC1. The van der Waals surface area contributed by atoms with Gasteiger partial charge in [0.1, 0.15) is 10.7 Å². The summed E-state index contributed by atoms with van der Waals surface area (Å²) in [5.74, 6) is -2.19. The fraction of sp³-hybridized carbons (Fsp3) is 0.571. The zero-order valence-corrected chi connectivity index (χ0v) is 12.6. The first-order valence-electron chi connectivity index (χ1n) is 6.92. The second-order valence-electron chi connectivity index (χ2n) is 5.57. The summed E-state index contributed by atoms with van der Waals surface area (Å²) in [7, 11) is -4.05. The van der Waals surface area contributed by atoms with Crippen LogP contribution < -0.4 is 4.72 Å². The molecule has 0 radical (unpaired) electrons. The molecule has 1 aromatic carbocycles. The standard InChI is InChI=1S/C14H19F2NO3S/c1-2-5-14(6-7-14)9-17-21(19,20)12-4-3-11(15)10(8-18)13(12)16/h3-4,17-18H,2,5-9H2,1H3. The van der Waals surface area contributed by atoms with Crippen LogP contribution in [0.5, 0.6) is 0 Å². The first-order valence-corrected chi connectivity index (χ1v) is 8.41. The lowest BCUT2D eigenvalue weighted by Crippen LogP contribution is -2.31. The van der Waals surface area contributed by atoms with Crippen molar-refractivity contribution in [2.24, 2.45) is 5.41 Å². The molecule has 0 aromatic heterocycles. The van der Waals surface area contributed by atoms with Gasteiger partial charge in [-0.3, -0.25) is 0 Å². The van der Waals surface area contributed by atoms with E-state index in [1.807, 2.05) is 6.92 Å². The van der Waals surface area contributed by atoms with Gasteiger partial charge in [-0.05, 0) is 36.8 Å². The Labute approximate surface area is 123 Å². The highest BCUT2D eigenvalue weighted by Gasteiger charge is 2.42. The first kappa shape index (κ1) is 16.3. The maximum atomic E-state index is 14.0. The molecule has 0 spiro atoms. The summed E-state index contributed by atoms with van der Waals surface area (Å²) in [5.41, 5.74) is -0.648. The number of hydrogen-bond acceptors (Lipinski definition) is 3. The molecule has 0 aliphatic heterocycles. The number of aliphatic hydroxyl groups is 1. The number of nitrogens with one attached hydrogen (secondary N) is 1. The summed E-state index contributed by atoms with van der Waals surface area (Å²) < 4.78 is 54.0. The molecule has 2 rings (SSSR count). The number of sulfonamides is 1. The van der Waals surface area contributed by atoms with Gasteiger partial charge in [0.05, 0.1) is 12.2 Å². The molecule has 0 amide bonds. The number of rotatable bonds is 7. The maximum Gasteiger partial charge on any atom is 0.243 e. The van der Waals surface area contributed by atoms with Gasteiger partial charge in [-0.2, -0.15) is 0 Å². The molecular weight excluding hydrogens is 300 g/mol. The Morgan fingerprint density at radius 1 is 1.33 bits per heavy atom. The van der Waals surface area contributed by atoms with E-state index in [2.05, 4.69) is 4.72 Å². The molecule has 0 atom stereocenters. The minimum absolute atomic E-state index is 0.0157. The predicted molar refractivity (Wildman–Crippen MR) is 74.0 cm³/mol. The van der Waals surface area contributed by atoms with Crippen molar-refractivity contribution in [1.29, 1.82) is 0 Å². The molecule has 1 aromatic rings. The maximum absolute atomic E-state index is 14.0. The highest BCUT2D eigenvalue weighted by molar-refractivity contribution is 7.89. The van der Waals surface area contributed by atoms with Crippen molar-refractivity contribution in [2.45, 2.75) is 44.1 Å². The predicted octanol–water partition coefficient (Wildman–Crippen LogP) is 2.32. The normalized spacial score (nSPS) is 17.0. The van der Waals surface area contributed by atoms with E-state index in [0.29, 0.717) is 0 Å². The van der Waals surface area contributed by atoms with Gasteiger partial charge < -0.3 is 5.11 Å². The van der Waals surface area contributed by atoms with Crippen LogP contribution in [0.25, 0.3) is 0 Å². The van der Waals surface area contributed by atoms with Crippen molar-refractivity contribution < 1.29 is 22.3 Å². The van der Waals surface area contributed by atoms with Crippen molar-refractivity contribution in [2.75, 3.05) is 6.54 Å². The summed E-state index contributed by atoms with van der Waals surface area (Å²) >= 11 is 0. The minimum atomic E-state index is -4.05. The van der Waals surface area contributed by atoms with Crippen LogP contribution in [-0.2, 0) is 16.6 Å². The fourth-order valence-electron chi connectivity index (χ4n) is 2.48. The van der Waals surface area contributed by atoms with E-state index in [4.69, 9.17) is 5.11 Å². The van der Waals surface area contributed by atoms with Crippen molar-refractivity contribution in [1.82, 2.24) is 4.72 Å². The van der Waals surface area contributed by atoms with Crippen molar-refractivity contribution in [3.8, 4) is 0 Å². The Bertz CT molecular complexity index is 627. The van der Waals surface area contributed by atoms with E-state index in [0.717, 1.165) is 37.8 Å². The van der Waals surface area contributed by atoms with Crippen LogP contribution in [0, 0.1) is 17.0 Å². The molecule has 1 fully saturated rings. The molecule has 2 N–H and O–H groups in total. The van der Waals surface area contributed by atoms with Crippen LogP contribution in [-0.4, -0.2) is 20.1 Å².